The second-order valence-electron chi connectivity index (χ2n) is 9.09. The first kappa shape index (κ1) is 40.3. The van der Waals surface area contributed by atoms with Gasteiger partial charge in [0.15, 0.2) is 0 Å². The summed E-state index contributed by atoms with van der Waals surface area (Å²) >= 11 is -0.826. The number of halogens is 4. The largest absolute Gasteiger partial charge is 3.00 e. The standard InChI is InChI=1S/C14H18.C10H15.C5H5.4ClH.2Zr/c1-9-5-7-13(11(9)3)14-8-6-10(2)12(14)4;1-7-6-10(4,5)9(3)8(7)2;1-2-4-5-3-1;;;;;;/h5-6H,7-8H2,1-4H3;1-5H3;1-3H,4H2;4*1H;;/q;2*-1;;;;;+2;+3/p-4. The molecule has 0 amide bonds. The zero-order valence-electron chi connectivity index (χ0n) is 22.5. The Hall–Kier alpha value is 0.846. The minimum atomic E-state index is -0.826. The maximum atomic E-state index is 4.93. The van der Waals surface area contributed by atoms with Crippen molar-refractivity contribution >= 4 is 17.0 Å². The quantitative estimate of drug-likeness (QED) is 0.360. The van der Waals surface area contributed by atoms with Gasteiger partial charge in [0.05, 0.1) is 0 Å². The van der Waals surface area contributed by atoms with Gasteiger partial charge in [-0.2, -0.15) is 17.2 Å². The van der Waals surface area contributed by atoms with Crippen LogP contribution >= 0.6 is 17.0 Å². The Labute approximate surface area is 265 Å². The van der Waals surface area contributed by atoms with Crippen molar-refractivity contribution in [2.24, 2.45) is 5.41 Å². The summed E-state index contributed by atoms with van der Waals surface area (Å²) in [6.07, 6.45) is 20.4. The second kappa shape index (κ2) is 19.8. The van der Waals surface area contributed by atoms with E-state index < -0.39 is 20.8 Å². The van der Waals surface area contributed by atoms with Crippen LogP contribution in [0, 0.1) is 17.6 Å². The maximum Gasteiger partial charge on any atom is 3.00 e. The monoisotopic (exact) mass is 706 g/mol. The van der Waals surface area contributed by atoms with E-state index in [-0.39, 0.29) is 56.4 Å². The molecule has 191 valence electrons. The summed E-state index contributed by atoms with van der Waals surface area (Å²) in [7, 11) is 9.87. The summed E-state index contributed by atoms with van der Waals surface area (Å²) in [6.45, 7) is 19.9. The van der Waals surface area contributed by atoms with Crippen molar-refractivity contribution in [3.8, 4) is 0 Å². The third-order valence-electron chi connectivity index (χ3n) is 6.83. The van der Waals surface area contributed by atoms with Gasteiger partial charge in [0.2, 0.25) is 0 Å². The third kappa shape index (κ3) is 12.5. The van der Waals surface area contributed by atoms with E-state index in [9.17, 15) is 0 Å². The summed E-state index contributed by atoms with van der Waals surface area (Å²) < 4.78 is 0. The van der Waals surface area contributed by atoms with Crippen molar-refractivity contribution in [2.45, 2.75) is 81.6 Å². The Balaban J connectivity index is -0.000000430. The van der Waals surface area contributed by atoms with Crippen LogP contribution in [0.2, 0.25) is 0 Å². The average Bonchev–Trinajstić information content (AvgIpc) is 3.51. The molecule has 0 aromatic rings. The van der Waals surface area contributed by atoms with Crippen molar-refractivity contribution < 1.29 is 71.9 Å². The van der Waals surface area contributed by atoms with Gasteiger partial charge in [0.25, 0.3) is 0 Å². The molecule has 0 aliphatic heterocycles. The SMILES string of the molecule is CC1=CCC(C2=C(C)C(C)=CC2)=C1C.CC1=[C-]C(C)(C)C(C)=C1C.[C-]1=CC=CC1.[Cl-].[Cl-].[Cl][Zr][Cl].[Zr+3]. The van der Waals surface area contributed by atoms with E-state index in [1.165, 1.54) is 39.0 Å². The maximum absolute atomic E-state index is 4.93. The first-order valence-electron chi connectivity index (χ1n) is 11.2. The van der Waals surface area contributed by atoms with Gasteiger partial charge in [0, 0.05) is 0 Å². The Morgan fingerprint density at radius 3 is 1.37 bits per heavy atom. The van der Waals surface area contributed by atoms with Crippen LogP contribution in [-0.2, 0) is 47.1 Å². The molecule has 0 aromatic carbocycles. The van der Waals surface area contributed by atoms with Crippen molar-refractivity contribution in [2.75, 3.05) is 0 Å². The summed E-state index contributed by atoms with van der Waals surface area (Å²) in [6, 6.07) is 0. The molecule has 0 atom stereocenters. The predicted octanol–water partition coefficient (Wildman–Crippen LogP) is 4.12. The van der Waals surface area contributed by atoms with Gasteiger partial charge in [-0.25, -0.2) is 17.7 Å². The van der Waals surface area contributed by atoms with Crippen LogP contribution in [0.4, 0.5) is 0 Å². The topological polar surface area (TPSA) is 0 Å². The van der Waals surface area contributed by atoms with E-state index in [1.807, 2.05) is 12.2 Å². The zero-order valence-corrected chi connectivity index (χ0v) is 30.5. The fourth-order valence-electron chi connectivity index (χ4n) is 4.04. The fourth-order valence-corrected chi connectivity index (χ4v) is 4.04. The van der Waals surface area contributed by atoms with E-state index in [1.54, 1.807) is 11.1 Å². The average molecular weight is 711 g/mol. The summed E-state index contributed by atoms with van der Waals surface area (Å²) in [5.41, 5.74) is 13.5. The van der Waals surface area contributed by atoms with E-state index in [0.717, 1.165) is 19.3 Å². The number of hydrogen-bond donors (Lipinski definition) is 0. The molecule has 0 unspecified atom stereocenters. The Bertz CT molecular complexity index is 890. The predicted molar refractivity (Wildman–Crippen MR) is 140 cm³/mol. The van der Waals surface area contributed by atoms with Gasteiger partial charge in [0.1, 0.15) is 0 Å². The van der Waals surface area contributed by atoms with Gasteiger partial charge in [-0.3, -0.25) is 12.2 Å². The number of allylic oxidation sites excluding steroid dienone is 16. The van der Waals surface area contributed by atoms with Gasteiger partial charge in [-0.1, -0.05) is 56.4 Å². The molecule has 6 heteroatoms. The summed E-state index contributed by atoms with van der Waals surface area (Å²) in [5, 5.41) is 0. The van der Waals surface area contributed by atoms with E-state index in [2.05, 4.69) is 92.7 Å². The third-order valence-corrected chi connectivity index (χ3v) is 6.83. The molecule has 0 nitrogen and oxygen atoms in total. The van der Waals surface area contributed by atoms with Crippen molar-refractivity contribution in [3.05, 3.63) is 92.7 Å². The summed E-state index contributed by atoms with van der Waals surface area (Å²) in [4.78, 5) is 0. The molecule has 4 rings (SSSR count). The molecule has 4 aliphatic rings. The molecule has 35 heavy (non-hydrogen) atoms. The smallest absolute Gasteiger partial charge is 3.00 e. The van der Waals surface area contributed by atoms with Gasteiger partial charge >= 0.3 is 64.1 Å². The van der Waals surface area contributed by atoms with Crippen molar-refractivity contribution in [1.82, 2.24) is 0 Å². The molecule has 0 spiro atoms. The Morgan fingerprint density at radius 2 is 1.23 bits per heavy atom. The molecule has 1 radical (unpaired) electrons. The minimum absolute atomic E-state index is 0. The second-order valence-corrected chi connectivity index (χ2v) is 12.8. The molecule has 0 bridgehead atoms. The normalized spacial score (nSPS) is 18.4. The van der Waals surface area contributed by atoms with Crippen molar-refractivity contribution in [1.29, 1.82) is 0 Å². The van der Waals surface area contributed by atoms with Crippen molar-refractivity contribution in [3.63, 3.8) is 0 Å². The fraction of sp³-hybridized carbons (Fsp3) is 0.448. The van der Waals surface area contributed by atoms with Crippen LogP contribution < -0.4 is 24.8 Å². The molecule has 0 heterocycles. The van der Waals surface area contributed by atoms with E-state index >= 15 is 0 Å². The molecular formula is C29H38Cl4Zr2-. The molecule has 0 N–H and O–H groups in total. The minimum Gasteiger partial charge on any atom is 3.00 e. The van der Waals surface area contributed by atoms with Crippen LogP contribution in [0.15, 0.2) is 80.5 Å². The van der Waals surface area contributed by atoms with Gasteiger partial charge < -0.3 is 24.8 Å². The Morgan fingerprint density at radius 1 is 0.800 bits per heavy atom. The van der Waals surface area contributed by atoms with E-state index in [0.29, 0.717) is 0 Å². The first-order chi connectivity index (χ1) is 15.0. The summed E-state index contributed by atoms with van der Waals surface area (Å²) in [5.74, 6) is 0. The molecule has 4 aliphatic carbocycles. The van der Waals surface area contributed by atoms with Crippen LogP contribution in [0.3, 0.4) is 0 Å². The van der Waals surface area contributed by atoms with Crippen LogP contribution in [0.1, 0.15) is 81.6 Å². The molecule has 0 fully saturated rings. The van der Waals surface area contributed by atoms with Crippen LogP contribution in [0.25, 0.3) is 0 Å². The number of hydrogen-bond acceptors (Lipinski definition) is 0. The van der Waals surface area contributed by atoms with Crippen LogP contribution in [-0.4, -0.2) is 0 Å². The molecule has 0 saturated carbocycles. The molecular weight excluding hydrogens is 673 g/mol. The number of rotatable bonds is 1. The van der Waals surface area contributed by atoms with E-state index in [4.69, 9.17) is 17.0 Å². The Kier molecular flexibility index (Phi) is 22.9. The zero-order chi connectivity index (χ0) is 24.5. The van der Waals surface area contributed by atoms with Gasteiger partial charge in [-0.15, -0.1) is 13.3 Å². The first-order valence-corrected chi connectivity index (χ1v) is 17.5. The molecule has 0 aromatic heterocycles. The molecule has 0 saturated heterocycles. The van der Waals surface area contributed by atoms with Crippen LogP contribution in [0.5, 0.6) is 0 Å². The van der Waals surface area contributed by atoms with Gasteiger partial charge in [-0.05, 0) is 62.8 Å².